The minimum absolute atomic E-state index is 0.157. The Balaban J connectivity index is 2.19. The van der Waals surface area contributed by atoms with E-state index in [1.807, 2.05) is 36.4 Å². The molecule has 0 heterocycles. The lowest BCUT2D eigenvalue weighted by atomic mass is 10.1. The molecular formula is C16H15NO2. The molecule has 0 aliphatic rings. The average Bonchev–Trinajstić information content (AvgIpc) is 2.44. The van der Waals surface area contributed by atoms with Crippen molar-refractivity contribution < 1.29 is 10.2 Å². The van der Waals surface area contributed by atoms with Gasteiger partial charge in [-0.2, -0.15) is 0 Å². The molecule has 2 aromatic rings. The summed E-state index contributed by atoms with van der Waals surface area (Å²) in [6.07, 6.45) is 5.54. The molecule has 0 aliphatic carbocycles. The van der Waals surface area contributed by atoms with E-state index in [4.69, 9.17) is 5.41 Å². The van der Waals surface area contributed by atoms with Gasteiger partial charge in [-0.15, -0.1) is 0 Å². The molecule has 3 N–H and O–H groups in total. The number of benzene rings is 2. The number of hydrogen-bond donors (Lipinski definition) is 3. The van der Waals surface area contributed by atoms with E-state index < -0.39 is 0 Å². The van der Waals surface area contributed by atoms with Crippen molar-refractivity contribution in [3.8, 4) is 11.5 Å². The van der Waals surface area contributed by atoms with Gasteiger partial charge < -0.3 is 15.6 Å². The van der Waals surface area contributed by atoms with Gasteiger partial charge in [0, 0.05) is 11.8 Å². The third-order valence-electron chi connectivity index (χ3n) is 2.80. The van der Waals surface area contributed by atoms with Crippen molar-refractivity contribution in [1.29, 1.82) is 5.41 Å². The molecule has 2 aromatic carbocycles. The van der Waals surface area contributed by atoms with E-state index in [0.29, 0.717) is 11.1 Å². The van der Waals surface area contributed by atoms with Crippen molar-refractivity contribution in [2.75, 3.05) is 0 Å². The van der Waals surface area contributed by atoms with Crippen molar-refractivity contribution in [2.24, 2.45) is 0 Å². The van der Waals surface area contributed by atoms with Crippen molar-refractivity contribution in [2.45, 2.75) is 6.42 Å². The highest BCUT2D eigenvalue weighted by Crippen LogP contribution is 2.30. The first-order valence-electron chi connectivity index (χ1n) is 5.97. The third-order valence-corrected chi connectivity index (χ3v) is 2.80. The van der Waals surface area contributed by atoms with Gasteiger partial charge in [-0.1, -0.05) is 42.5 Å². The summed E-state index contributed by atoms with van der Waals surface area (Å²) in [5, 5.41) is 26.5. The number of phenolic OH excluding ortho intramolecular Hbond substituents is 2. The molecule has 0 aliphatic heterocycles. The smallest absolute Gasteiger partial charge is 0.164 e. The van der Waals surface area contributed by atoms with Crippen LogP contribution in [0.5, 0.6) is 11.5 Å². The molecule has 2 rings (SSSR count). The maximum atomic E-state index is 9.74. The van der Waals surface area contributed by atoms with Gasteiger partial charge in [-0.05, 0) is 29.7 Å². The number of aromatic hydroxyl groups is 2. The van der Waals surface area contributed by atoms with Gasteiger partial charge in [-0.25, -0.2) is 0 Å². The molecule has 0 radical (unpaired) electrons. The first-order chi connectivity index (χ1) is 9.20. The molecule has 0 spiro atoms. The lowest BCUT2D eigenvalue weighted by Crippen LogP contribution is -1.84. The van der Waals surface area contributed by atoms with E-state index in [1.165, 1.54) is 11.6 Å². The second-order valence-electron chi connectivity index (χ2n) is 4.21. The van der Waals surface area contributed by atoms with Crippen LogP contribution in [-0.2, 0) is 6.42 Å². The van der Waals surface area contributed by atoms with E-state index in [0.717, 1.165) is 12.6 Å². The van der Waals surface area contributed by atoms with Crippen LogP contribution in [0.15, 0.2) is 48.5 Å². The largest absolute Gasteiger partial charge is 0.504 e. The van der Waals surface area contributed by atoms with Gasteiger partial charge in [-0.3, -0.25) is 0 Å². The Labute approximate surface area is 112 Å². The van der Waals surface area contributed by atoms with Crippen LogP contribution in [0.25, 0.3) is 6.08 Å². The molecule has 96 valence electrons. The molecule has 0 saturated heterocycles. The van der Waals surface area contributed by atoms with Crippen LogP contribution in [0.3, 0.4) is 0 Å². The number of hydrogen-bond acceptors (Lipinski definition) is 3. The second kappa shape index (κ2) is 5.87. The zero-order valence-electron chi connectivity index (χ0n) is 10.4. The highest BCUT2D eigenvalue weighted by Gasteiger charge is 2.05. The highest BCUT2D eigenvalue weighted by atomic mass is 16.3. The molecule has 0 aromatic heterocycles. The summed E-state index contributed by atoms with van der Waals surface area (Å²) in [4.78, 5) is 0. The van der Waals surface area contributed by atoms with Gasteiger partial charge in [0.2, 0.25) is 0 Å². The Bertz CT molecular complexity index is 604. The molecule has 0 atom stereocenters. The molecule has 0 fully saturated rings. The van der Waals surface area contributed by atoms with Gasteiger partial charge in [0.05, 0.1) is 0 Å². The maximum absolute atomic E-state index is 9.74. The van der Waals surface area contributed by atoms with Crippen molar-refractivity contribution >= 4 is 12.3 Å². The molecule has 0 unspecified atom stereocenters. The predicted molar refractivity (Wildman–Crippen MR) is 76.8 cm³/mol. The Morgan fingerprint density at radius 1 is 1.05 bits per heavy atom. The van der Waals surface area contributed by atoms with Crippen LogP contribution in [0.4, 0.5) is 0 Å². The van der Waals surface area contributed by atoms with Gasteiger partial charge >= 0.3 is 0 Å². The normalized spacial score (nSPS) is 10.7. The highest BCUT2D eigenvalue weighted by molar-refractivity contribution is 5.81. The summed E-state index contributed by atoms with van der Waals surface area (Å²) in [5.74, 6) is -0.365. The fraction of sp³-hybridized carbons (Fsp3) is 0.0625. The van der Waals surface area contributed by atoms with Crippen molar-refractivity contribution in [3.63, 3.8) is 0 Å². The fourth-order valence-electron chi connectivity index (χ4n) is 1.81. The van der Waals surface area contributed by atoms with E-state index >= 15 is 0 Å². The fourth-order valence-corrected chi connectivity index (χ4v) is 1.81. The summed E-state index contributed by atoms with van der Waals surface area (Å²) in [5.41, 5.74) is 2.23. The van der Waals surface area contributed by atoms with Crippen LogP contribution in [0.2, 0.25) is 0 Å². The summed E-state index contributed by atoms with van der Waals surface area (Å²) in [7, 11) is 0. The second-order valence-corrected chi connectivity index (χ2v) is 4.21. The number of rotatable bonds is 4. The van der Waals surface area contributed by atoms with Crippen LogP contribution in [0.1, 0.15) is 16.7 Å². The Hall–Kier alpha value is -2.55. The van der Waals surface area contributed by atoms with Crippen molar-refractivity contribution in [3.05, 3.63) is 65.2 Å². The quantitative estimate of drug-likeness (QED) is 0.578. The predicted octanol–water partition coefficient (Wildman–Crippen LogP) is 3.35. The van der Waals surface area contributed by atoms with Gasteiger partial charge in [0.25, 0.3) is 0 Å². The molecule has 19 heavy (non-hydrogen) atoms. The topological polar surface area (TPSA) is 64.3 Å². The minimum atomic E-state index is -0.208. The number of nitrogens with one attached hydrogen (secondary N) is 1. The van der Waals surface area contributed by atoms with Gasteiger partial charge in [0.1, 0.15) is 0 Å². The first kappa shape index (κ1) is 12.9. The number of allylic oxidation sites excluding steroid dienone is 1. The monoisotopic (exact) mass is 253 g/mol. The van der Waals surface area contributed by atoms with Gasteiger partial charge in [0.15, 0.2) is 11.5 Å². The van der Waals surface area contributed by atoms with Crippen LogP contribution in [0, 0.1) is 5.41 Å². The maximum Gasteiger partial charge on any atom is 0.164 e. The van der Waals surface area contributed by atoms with E-state index in [1.54, 1.807) is 12.1 Å². The Morgan fingerprint density at radius 3 is 2.47 bits per heavy atom. The lowest BCUT2D eigenvalue weighted by molar-refractivity contribution is 0.403. The minimum Gasteiger partial charge on any atom is -0.504 e. The molecule has 3 nitrogen and oxygen atoms in total. The Morgan fingerprint density at radius 2 is 1.79 bits per heavy atom. The molecule has 0 amide bonds. The van der Waals surface area contributed by atoms with E-state index in [2.05, 4.69) is 0 Å². The molecular weight excluding hydrogens is 238 g/mol. The molecule has 3 heteroatoms. The standard InChI is InChI=1S/C16H15NO2/c17-11-13-9-14(16(19)15(18)10-13)8-4-7-12-5-2-1-3-6-12/h1-6,8-11,17-19H,7H2/b8-4+,17-11?. The van der Waals surface area contributed by atoms with Crippen molar-refractivity contribution in [1.82, 2.24) is 0 Å². The first-order valence-corrected chi connectivity index (χ1v) is 5.97. The SMILES string of the molecule is N=Cc1cc(O)c(O)c(/C=C/Cc2ccccc2)c1. The van der Waals surface area contributed by atoms with Crippen LogP contribution >= 0.6 is 0 Å². The average molecular weight is 253 g/mol. The lowest BCUT2D eigenvalue weighted by Gasteiger charge is -2.04. The summed E-state index contributed by atoms with van der Waals surface area (Å²) < 4.78 is 0. The molecule has 0 saturated carbocycles. The van der Waals surface area contributed by atoms with Crippen LogP contribution < -0.4 is 0 Å². The number of phenols is 2. The Kier molecular flexibility index (Phi) is 3.98. The van der Waals surface area contributed by atoms with E-state index in [-0.39, 0.29) is 11.5 Å². The molecule has 0 bridgehead atoms. The van der Waals surface area contributed by atoms with E-state index in [9.17, 15) is 10.2 Å². The summed E-state index contributed by atoms with van der Waals surface area (Å²) >= 11 is 0. The zero-order valence-corrected chi connectivity index (χ0v) is 10.4. The summed E-state index contributed by atoms with van der Waals surface area (Å²) in [6.45, 7) is 0. The third kappa shape index (κ3) is 3.22. The zero-order chi connectivity index (χ0) is 13.7. The van der Waals surface area contributed by atoms with Crippen LogP contribution in [-0.4, -0.2) is 16.4 Å². The summed E-state index contributed by atoms with van der Waals surface area (Å²) in [6, 6.07) is 13.0.